The first kappa shape index (κ1) is 23.5. The smallest absolute Gasteiger partial charge is 0.337 e. The molecule has 176 valence electrons. The third-order valence-corrected chi connectivity index (χ3v) is 5.83. The molecule has 0 aromatic heterocycles. The number of imide groups is 1. The number of benzene rings is 2. The fraction of sp³-hybridized carbons (Fsp3) is 0.250. The maximum absolute atomic E-state index is 13.0. The average Bonchev–Trinajstić information content (AvgIpc) is 3.45. The van der Waals surface area contributed by atoms with Crippen molar-refractivity contribution in [2.75, 3.05) is 30.5 Å². The third kappa shape index (κ3) is 4.80. The lowest BCUT2D eigenvalue weighted by Gasteiger charge is -2.15. The molecular formula is C24H22ClN3O6. The molecule has 1 unspecified atom stereocenters. The van der Waals surface area contributed by atoms with Crippen LogP contribution in [0.15, 0.2) is 59.3 Å². The second-order valence-corrected chi connectivity index (χ2v) is 8.10. The number of methoxy groups -OCH3 is 1. The molecule has 0 aliphatic carbocycles. The summed E-state index contributed by atoms with van der Waals surface area (Å²) in [5.74, 6) is -2.18. The van der Waals surface area contributed by atoms with E-state index in [1.54, 1.807) is 24.3 Å². The van der Waals surface area contributed by atoms with Crippen molar-refractivity contribution in [3.63, 3.8) is 0 Å². The van der Waals surface area contributed by atoms with Crippen molar-refractivity contribution in [2.45, 2.75) is 18.9 Å². The van der Waals surface area contributed by atoms with Gasteiger partial charge in [-0.1, -0.05) is 17.7 Å². The number of carbonyl (C=O) groups excluding carboxylic acids is 4. The Bertz CT molecular complexity index is 1170. The third-order valence-electron chi connectivity index (χ3n) is 5.48. The van der Waals surface area contributed by atoms with E-state index in [1.807, 2.05) is 0 Å². The Kier molecular flexibility index (Phi) is 6.95. The molecule has 0 saturated carbocycles. The molecular weight excluding hydrogens is 462 g/mol. The summed E-state index contributed by atoms with van der Waals surface area (Å²) in [5.41, 5.74) is 1.21. The highest BCUT2D eigenvalue weighted by molar-refractivity contribution is 6.53. The standard InChI is InChI=1S/C24H22ClN3O6/c1-33-24(32)14-7-9-17(10-8-14)28-22(30)19(25)20(23(28)31)27-16-5-2-4-15(12-16)21(29)26-13-18-6-3-11-34-18/h2,4-5,7-10,12,18,27H,3,6,11,13H2,1H3,(H,26,29). The first-order chi connectivity index (χ1) is 16.4. The van der Waals surface area contributed by atoms with Crippen LogP contribution >= 0.6 is 11.6 Å². The normalized spacial score (nSPS) is 17.8. The number of ether oxygens (including phenoxy) is 2. The van der Waals surface area contributed by atoms with E-state index in [2.05, 4.69) is 15.4 Å². The monoisotopic (exact) mass is 483 g/mol. The molecule has 1 saturated heterocycles. The number of amides is 3. The quantitative estimate of drug-likeness (QED) is 0.459. The Labute approximate surface area is 200 Å². The van der Waals surface area contributed by atoms with E-state index in [-0.39, 0.29) is 34.0 Å². The molecule has 34 heavy (non-hydrogen) atoms. The topological polar surface area (TPSA) is 114 Å². The molecule has 2 aliphatic heterocycles. The number of hydrogen-bond acceptors (Lipinski definition) is 7. The Hall–Kier alpha value is -3.69. The average molecular weight is 484 g/mol. The number of nitrogens with zero attached hydrogens (tertiary/aromatic N) is 1. The SMILES string of the molecule is COC(=O)c1ccc(N2C(=O)C(Cl)=C(Nc3cccc(C(=O)NCC4CCCO4)c3)C2=O)cc1. The van der Waals surface area contributed by atoms with Crippen LogP contribution in [0, 0.1) is 0 Å². The van der Waals surface area contributed by atoms with Gasteiger partial charge in [-0.15, -0.1) is 0 Å². The summed E-state index contributed by atoms with van der Waals surface area (Å²) in [4.78, 5) is 50.7. The Morgan fingerprint density at radius 2 is 1.88 bits per heavy atom. The van der Waals surface area contributed by atoms with Gasteiger partial charge in [0.05, 0.1) is 24.5 Å². The second kappa shape index (κ2) is 10.1. The molecule has 0 radical (unpaired) electrons. The van der Waals surface area contributed by atoms with Crippen LogP contribution in [0.4, 0.5) is 11.4 Å². The molecule has 2 aliphatic rings. The minimum absolute atomic E-state index is 0.0176. The van der Waals surface area contributed by atoms with E-state index < -0.39 is 17.8 Å². The van der Waals surface area contributed by atoms with Gasteiger partial charge in [-0.3, -0.25) is 14.4 Å². The molecule has 9 nitrogen and oxygen atoms in total. The maximum atomic E-state index is 13.0. The predicted molar refractivity (Wildman–Crippen MR) is 125 cm³/mol. The zero-order valence-corrected chi connectivity index (χ0v) is 19.1. The van der Waals surface area contributed by atoms with Gasteiger partial charge in [0.25, 0.3) is 17.7 Å². The summed E-state index contributed by atoms with van der Waals surface area (Å²) < 4.78 is 10.2. The van der Waals surface area contributed by atoms with Gasteiger partial charge in [0.2, 0.25) is 0 Å². The maximum Gasteiger partial charge on any atom is 0.337 e. The lowest BCUT2D eigenvalue weighted by Crippen LogP contribution is -2.32. The molecule has 2 aromatic carbocycles. The van der Waals surface area contributed by atoms with E-state index in [4.69, 9.17) is 16.3 Å². The largest absolute Gasteiger partial charge is 0.465 e. The Morgan fingerprint density at radius 1 is 1.12 bits per heavy atom. The number of esters is 1. The van der Waals surface area contributed by atoms with Crippen molar-refractivity contribution in [3.8, 4) is 0 Å². The van der Waals surface area contributed by atoms with E-state index in [0.29, 0.717) is 24.4 Å². The van der Waals surface area contributed by atoms with E-state index >= 15 is 0 Å². The minimum Gasteiger partial charge on any atom is -0.465 e. The first-order valence-electron chi connectivity index (χ1n) is 10.6. The van der Waals surface area contributed by atoms with Gasteiger partial charge < -0.3 is 20.1 Å². The van der Waals surface area contributed by atoms with Crippen LogP contribution in [0.5, 0.6) is 0 Å². The first-order valence-corrected chi connectivity index (χ1v) is 11.0. The second-order valence-electron chi connectivity index (χ2n) is 7.72. The highest BCUT2D eigenvalue weighted by Gasteiger charge is 2.39. The lowest BCUT2D eigenvalue weighted by atomic mass is 10.1. The van der Waals surface area contributed by atoms with Gasteiger partial charge in [0, 0.05) is 24.4 Å². The Balaban J connectivity index is 1.46. The van der Waals surface area contributed by atoms with Gasteiger partial charge in [-0.25, -0.2) is 9.69 Å². The molecule has 10 heteroatoms. The fourth-order valence-corrected chi connectivity index (χ4v) is 3.92. The zero-order chi connectivity index (χ0) is 24.2. The van der Waals surface area contributed by atoms with E-state index in [0.717, 1.165) is 17.7 Å². The van der Waals surface area contributed by atoms with Crippen molar-refractivity contribution in [1.29, 1.82) is 0 Å². The number of carbonyl (C=O) groups is 4. The van der Waals surface area contributed by atoms with Crippen LogP contribution in [0.1, 0.15) is 33.6 Å². The number of nitrogens with one attached hydrogen (secondary N) is 2. The van der Waals surface area contributed by atoms with Crippen LogP contribution in [-0.2, 0) is 19.1 Å². The van der Waals surface area contributed by atoms with Crippen molar-refractivity contribution < 1.29 is 28.7 Å². The highest BCUT2D eigenvalue weighted by Crippen LogP contribution is 2.30. The van der Waals surface area contributed by atoms with Gasteiger partial charge in [0.15, 0.2) is 0 Å². The molecule has 2 N–H and O–H groups in total. The van der Waals surface area contributed by atoms with Crippen LogP contribution in [0.2, 0.25) is 0 Å². The van der Waals surface area contributed by atoms with Crippen LogP contribution in [0.3, 0.4) is 0 Å². The van der Waals surface area contributed by atoms with E-state index in [9.17, 15) is 19.2 Å². The van der Waals surface area contributed by atoms with E-state index in [1.165, 1.54) is 31.4 Å². The molecule has 2 aromatic rings. The van der Waals surface area contributed by atoms with Crippen molar-refractivity contribution in [2.24, 2.45) is 0 Å². The summed E-state index contributed by atoms with van der Waals surface area (Å²) >= 11 is 6.18. The van der Waals surface area contributed by atoms with Gasteiger partial charge in [-0.2, -0.15) is 0 Å². The fourth-order valence-electron chi connectivity index (χ4n) is 3.71. The van der Waals surface area contributed by atoms with Crippen LogP contribution < -0.4 is 15.5 Å². The highest BCUT2D eigenvalue weighted by atomic mass is 35.5. The van der Waals surface area contributed by atoms with Crippen LogP contribution in [0.25, 0.3) is 0 Å². The molecule has 1 fully saturated rings. The van der Waals surface area contributed by atoms with Crippen molar-refractivity contribution in [3.05, 3.63) is 70.4 Å². The summed E-state index contributed by atoms with van der Waals surface area (Å²) in [6.07, 6.45) is 1.91. The van der Waals surface area contributed by atoms with Crippen molar-refractivity contribution in [1.82, 2.24) is 5.32 Å². The summed E-state index contributed by atoms with van der Waals surface area (Å²) in [6.45, 7) is 1.12. The number of rotatable bonds is 7. The molecule has 1 atom stereocenters. The predicted octanol–water partition coefficient (Wildman–Crippen LogP) is 2.82. The van der Waals surface area contributed by atoms with Gasteiger partial charge in [-0.05, 0) is 55.3 Å². The summed E-state index contributed by atoms with van der Waals surface area (Å²) in [6, 6.07) is 12.3. The van der Waals surface area contributed by atoms with Gasteiger partial charge >= 0.3 is 5.97 Å². The number of anilines is 2. The molecule has 0 spiro atoms. The number of hydrogen-bond donors (Lipinski definition) is 2. The molecule has 4 rings (SSSR count). The van der Waals surface area contributed by atoms with Crippen molar-refractivity contribution >= 4 is 46.7 Å². The summed E-state index contributed by atoms with van der Waals surface area (Å²) in [7, 11) is 1.26. The summed E-state index contributed by atoms with van der Waals surface area (Å²) in [5, 5.41) is 5.42. The lowest BCUT2D eigenvalue weighted by molar-refractivity contribution is -0.120. The molecule has 3 amide bonds. The van der Waals surface area contributed by atoms with Gasteiger partial charge in [0.1, 0.15) is 10.7 Å². The number of halogens is 1. The molecule has 2 heterocycles. The Morgan fingerprint density at radius 3 is 2.56 bits per heavy atom. The zero-order valence-electron chi connectivity index (χ0n) is 18.3. The molecule has 0 bridgehead atoms. The van der Waals surface area contributed by atoms with Crippen LogP contribution in [-0.4, -0.2) is 50.1 Å². The minimum atomic E-state index is -0.703.